The van der Waals surface area contributed by atoms with E-state index in [4.69, 9.17) is 5.26 Å². The largest absolute Gasteiger partial charge is 0.417 e. The smallest absolute Gasteiger partial charge is 0.378 e. The number of anilines is 1. The Hall–Kier alpha value is -2.49. The van der Waals surface area contributed by atoms with Crippen LogP contribution in [0.25, 0.3) is 0 Å². The van der Waals surface area contributed by atoms with Gasteiger partial charge in [0.05, 0.1) is 23.7 Å². The Bertz CT molecular complexity index is 652. The van der Waals surface area contributed by atoms with Crippen LogP contribution < -0.4 is 5.32 Å². The Labute approximate surface area is 113 Å². The zero-order valence-electron chi connectivity index (χ0n) is 10.6. The molecule has 0 aliphatic rings. The van der Waals surface area contributed by atoms with Crippen molar-refractivity contribution >= 4 is 5.69 Å². The van der Waals surface area contributed by atoms with E-state index in [1.807, 2.05) is 0 Å². The van der Waals surface area contributed by atoms with Crippen molar-refractivity contribution in [3.63, 3.8) is 0 Å². The van der Waals surface area contributed by atoms with E-state index in [0.717, 1.165) is 12.1 Å². The summed E-state index contributed by atoms with van der Waals surface area (Å²) in [6.07, 6.45) is -1.19. The van der Waals surface area contributed by atoms with E-state index in [1.54, 1.807) is 30.1 Å². The van der Waals surface area contributed by atoms with Gasteiger partial charge in [0.2, 0.25) is 0 Å². The molecule has 0 spiro atoms. The van der Waals surface area contributed by atoms with Crippen LogP contribution in [0.15, 0.2) is 30.6 Å². The number of aromatic nitrogens is 2. The first-order valence-electron chi connectivity index (χ1n) is 5.73. The summed E-state index contributed by atoms with van der Waals surface area (Å²) in [5, 5.41) is 11.6. The molecule has 0 atom stereocenters. The quantitative estimate of drug-likeness (QED) is 0.940. The molecule has 2 rings (SSSR count). The summed E-state index contributed by atoms with van der Waals surface area (Å²) in [4.78, 5) is 4.06. The number of hydrogen-bond acceptors (Lipinski definition) is 3. The van der Waals surface area contributed by atoms with Crippen molar-refractivity contribution in [1.29, 1.82) is 5.26 Å². The number of nitrogens with one attached hydrogen (secondary N) is 1. The lowest BCUT2D eigenvalue weighted by molar-refractivity contribution is -0.137. The number of hydrogen-bond donors (Lipinski definition) is 1. The van der Waals surface area contributed by atoms with E-state index in [1.165, 1.54) is 6.07 Å². The molecule has 0 radical (unpaired) electrons. The Morgan fingerprint density at radius 1 is 1.40 bits per heavy atom. The van der Waals surface area contributed by atoms with Gasteiger partial charge in [0.15, 0.2) is 0 Å². The standard InChI is InChI=1S/C13H11F3N4/c1-20-5-4-18-12(20)8-19-10-3-2-9(7-17)11(6-10)13(14,15)16/h2-6,19H,8H2,1H3. The molecule has 0 fully saturated rings. The molecule has 0 amide bonds. The lowest BCUT2D eigenvalue weighted by atomic mass is 10.1. The zero-order valence-corrected chi connectivity index (χ0v) is 10.6. The summed E-state index contributed by atoms with van der Waals surface area (Å²) in [5.74, 6) is 0.697. The lowest BCUT2D eigenvalue weighted by Gasteiger charge is -2.12. The minimum atomic E-state index is -4.55. The van der Waals surface area contributed by atoms with E-state index >= 15 is 0 Å². The molecule has 1 aromatic carbocycles. The van der Waals surface area contributed by atoms with Crippen LogP contribution in [-0.4, -0.2) is 9.55 Å². The number of imidazole rings is 1. The van der Waals surface area contributed by atoms with E-state index in [-0.39, 0.29) is 5.56 Å². The van der Waals surface area contributed by atoms with Crippen LogP contribution in [-0.2, 0) is 19.8 Å². The number of halogens is 3. The molecule has 4 nitrogen and oxygen atoms in total. The number of rotatable bonds is 3. The Kier molecular flexibility index (Phi) is 3.66. The molecule has 7 heteroatoms. The predicted octanol–water partition coefficient (Wildman–Crippen LogP) is 2.92. The minimum absolute atomic E-state index is 0.291. The summed E-state index contributed by atoms with van der Waals surface area (Å²) in [6.45, 7) is 0.298. The summed E-state index contributed by atoms with van der Waals surface area (Å²) in [7, 11) is 1.80. The number of aryl methyl sites for hydroxylation is 1. The predicted molar refractivity (Wildman–Crippen MR) is 66.7 cm³/mol. The molecule has 104 valence electrons. The highest BCUT2D eigenvalue weighted by Gasteiger charge is 2.33. The molecule has 0 saturated carbocycles. The van der Waals surface area contributed by atoms with Gasteiger partial charge < -0.3 is 9.88 Å². The first kappa shape index (κ1) is 13.9. The van der Waals surface area contributed by atoms with Gasteiger partial charge in [0.25, 0.3) is 0 Å². The molecule has 1 heterocycles. The van der Waals surface area contributed by atoms with Crippen LogP contribution >= 0.6 is 0 Å². The maximum atomic E-state index is 12.8. The zero-order chi connectivity index (χ0) is 14.8. The second kappa shape index (κ2) is 5.25. The van der Waals surface area contributed by atoms with Gasteiger partial charge in [-0.1, -0.05) is 0 Å². The van der Waals surface area contributed by atoms with Crippen LogP contribution in [0.5, 0.6) is 0 Å². The van der Waals surface area contributed by atoms with Crippen molar-refractivity contribution in [2.75, 3.05) is 5.32 Å². The maximum Gasteiger partial charge on any atom is 0.417 e. The third kappa shape index (κ3) is 2.91. The minimum Gasteiger partial charge on any atom is -0.378 e. The van der Waals surface area contributed by atoms with Gasteiger partial charge >= 0.3 is 6.18 Å². The summed E-state index contributed by atoms with van der Waals surface area (Å²) in [5.41, 5.74) is -1.04. The van der Waals surface area contributed by atoms with Gasteiger partial charge in [0.1, 0.15) is 5.82 Å². The summed E-state index contributed by atoms with van der Waals surface area (Å²) in [6, 6.07) is 5.07. The average molecular weight is 280 g/mol. The van der Waals surface area contributed by atoms with Crippen molar-refractivity contribution in [1.82, 2.24) is 9.55 Å². The Morgan fingerprint density at radius 3 is 2.70 bits per heavy atom. The molecule has 1 aromatic heterocycles. The number of alkyl halides is 3. The van der Waals surface area contributed by atoms with Crippen LogP contribution in [0.1, 0.15) is 17.0 Å². The molecule has 1 N–H and O–H groups in total. The van der Waals surface area contributed by atoms with Gasteiger partial charge in [-0.05, 0) is 18.2 Å². The van der Waals surface area contributed by atoms with Crippen molar-refractivity contribution < 1.29 is 13.2 Å². The first-order valence-corrected chi connectivity index (χ1v) is 5.73. The first-order chi connectivity index (χ1) is 9.41. The third-order valence-corrected chi connectivity index (χ3v) is 2.82. The van der Waals surface area contributed by atoms with E-state index in [9.17, 15) is 13.2 Å². The monoisotopic (exact) mass is 280 g/mol. The molecule has 0 aliphatic heterocycles. The highest BCUT2D eigenvalue weighted by molar-refractivity contribution is 5.53. The van der Waals surface area contributed by atoms with E-state index < -0.39 is 11.7 Å². The fourth-order valence-electron chi connectivity index (χ4n) is 1.73. The fourth-order valence-corrected chi connectivity index (χ4v) is 1.73. The molecular formula is C13H11F3N4. The Morgan fingerprint density at radius 2 is 2.15 bits per heavy atom. The molecule has 0 unspecified atom stereocenters. The van der Waals surface area contributed by atoms with E-state index in [2.05, 4.69) is 10.3 Å². The summed E-state index contributed by atoms with van der Waals surface area (Å²) >= 11 is 0. The van der Waals surface area contributed by atoms with Crippen LogP contribution in [0.2, 0.25) is 0 Å². The SMILES string of the molecule is Cn1ccnc1CNc1ccc(C#N)c(C(F)(F)F)c1. The van der Waals surface area contributed by atoms with Crippen molar-refractivity contribution in [3.05, 3.63) is 47.5 Å². The highest BCUT2D eigenvalue weighted by Crippen LogP contribution is 2.33. The third-order valence-electron chi connectivity index (χ3n) is 2.82. The number of benzene rings is 1. The second-order valence-electron chi connectivity index (χ2n) is 4.18. The van der Waals surface area contributed by atoms with Crippen LogP contribution in [0.4, 0.5) is 18.9 Å². The van der Waals surface area contributed by atoms with Crippen LogP contribution in [0.3, 0.4) is 0 Å². The molecular weight excluding hydrogens is 269 g/mol. The summed E-state index contributed by atoms with van der Waals surface area (Å²) < 4.78 is 40.2. The van der Waals surface area contributed by atoms with Gasteiger partial charge in [-0.15, -0.1) is 0 Å². The highest BCUT2D eigenvalue weighted by atomic mass is 19.4. The van der Waals surface area contributed by atoms with Crippen LogP contribution in [0, 0.1) is 11.3 Å². The van der Waals surface area contributed by atoms with Gasteiger partial charge in [-0.25, -0.2) is 4.98 Å². The molecule has 2 aromatic rings. The molecule has 0 aliphatic carbocycles. The van der Waals surface area contributed by atoms with Crippen molar-refractivity contribution in [2.24, 2.45) is 7.05 Å². The fraction of sp³-hybridized carbons (Fsp3) is 0.231. The molecule has 0 bridgehead atoms. The topological polar surface area (TPSA) is 53.6 Å². The maximum absolute atomic E-state index is 12.8. The van der Waals surface area contributed by atoms with Crippen molar-refractivity contribution in [2.45, 2.75) is 12.7 Å². The lowest BCUT2D eigenvalue weighted by Crippen LogP contribution is -2.10. The van der Waals surface area contributed by atoms with Gasteiger partial charge in [-0.3, -0.25) is 0 Å². The molecule has 0 saturated heterocycles. The normalized spacial score (nSPS) is 11.2. The number of nitriles is 1. The average Bonchev–Trinajstić information content (AvgIpc) is 2.80. The van der Waals surface area contributed by atoms with Crippen molar-refractivity contribution in [3.8, 4) is 6.07 Å². The second-order valence-corrected chi connectivity index (χ2v) is 4.18. The number of nitrogens with zero attached hydrogens (tertiary/aromatic N) is 3. The van der Waals surface area contributed by atoms with E-state index in [0.29, 0.717) is 18.1 Å². The van der Waals surface area contributed by atoms with Gasteiger partial charge in [0, 0.05) is 25.1 Å². The van der Waals surface area contributed by atoms with Gasteiger partial charge in [-0.2, -0.15) is 18.4 Å². The molecule has 20 heavy (non-hydrogen) atoms. The Balaban J connectivity index is 2.22.